The molecule has 0 aromatic heterocycles. The van der Waals surface area contributed by atoms with Crippen LogP contribution in [0.3, 0.4) is 0 Å². The van der Waals surface area contributed by atoms with E-state index in [2.05, 4.69) is 66.3 Å². The Morgan fingerprint density at radius 1 is 0.970 bits per heavy atom. The molecule has 2 heteroatoms. The lowest BCUT2D eigenvalue weighted by Crippen LogP contribution is -2.57. The fraction of sp³-hybridized carbons (Fsp3) is 0.935. The first kappa shape index (κ1) is 24.7. The SMILES string of the molecule is CC(C)CCC[C@H](C)[C@H]1CC[C@H]2[C@@H]3CC=C4C(C)(C)[C@]5(CC[C@]4(C)[C@H]3CC[C@]12C)OCCS5. The maximum absolute atomic E-state index is 6.52. The van der Waals surface area contributed by atoms with E-state index in [4.69, 9.17) is 4.74 Å². The van der Waals surface area contributed by atoms with Crippen molar-refractivity contribution in [3.8, 4) is 0 Å². The van der Waals surface area contributed by atoms with Crippen LogP contribution in [0, 0.1) is 51.8 Å². The quantitative estimate of drug-likeness (QED) is 0.369. The van der Waals surface area contributed by atoms with E-state index < -0.39 is 0 Å². The zero-order valence-electron chi connectivity index (χ0n) is 22.8. The first-order valence-corrected chi connectivity index (χ1v) is 15.5. The Labute approximate surface area is 209 Å². The van der Waals surface area contributed by atoms with E-state index >= 15 is 0 Å². The van der Waals surface area contributed by atoms with Gasteiger partial charge in [-0.1, -0.05) is 79.4 Å². The molecule has 0 amide bonds. The molecule has 5 rings (SSSR count). The second kappa shape index (κ2) is 8.57. The summed E-state index contributed by atoms with van der Waals surface area (Å²) in [6.45, 7) is 18.8. The fourth-order valence-electron chi connectivity index (χ4n) is 10.3. The molecule has 33 heavy (non-hydrogen) atoms. The van der Waals surface area contributed by atoms with Gasteiger partial charge in [-0.2, -0.15) is 0 Å². The lowest BCUT2D eigenvalue weighted by molar-refractivity contribution is -0.102. The van der Waals surface area contributed by atoms with Gasteiger partial charge >= 0.3 is 0 Å². The van der Waals surface area contributed by atoms with Crippen molar-refractivity contribution >= 4 is 11.8 Å². The largest absolute Gasteiger partial charge is 0.363 e. The van der Waals surface area contributed by atoms with E-state index in [0.717, 1.165) is 42.1 Å². The molecule has 0 bridgehead atoms. The van der Waals surface area contributed by atoms with Crippen LogP contribution in [0.4, 0.5) is 0 Å². The summed E-state index contributed by atoms with van der Waals surface area (Å²) < 4.78 is 6.52. The highest BCUT2D eigenvalue weighted by molar-refractivity contribution is 8.00. The van der Waals surface area contributed by atoms with Crippen LogP contribution >= 0.6 is 11.8 Å². The van der Waals surface area contributed by atoms with Gasteiger partial charge in [-0.25, -0.2) is 0 Å². The van der Waals surface area contributed by atoms with Gasteiger partial charge in [0.05, 0.1) is 6.61 Å². The molecule has 5 aliphatic rings. The molecule has 8 atom stereocenters. The minimum absolute atomic E-state index is 0.0399. The maximum atomic E-state index is 6.52. The molecule has 4 aliphatic carbocycles. The van der Waals surface area contributed by atoms with Crippen molar-refractivity contribution in [3.63, 3.8) is 0 Å². The van der Waals surface area contributed by atoms with Crippen molar-refractivity contribution < 1.29 is 4.74 Å². The van der Waals surface area contributed by atoms with Gasteiger partial charge in [-0.15, -0.1) is 11.8 Å². The molecule has 1 spiro atoms. The van der Waals surface area contributed by atoms with Crippen molar-refractivity contribution in [2.75, 3.05) is 12.4 Å². The van der Waals surface area contributed by atoms with Crippen LogP contribution < -0.4 is 0 Å². The Kier molecular flexibility index (Phi) is 6.42. The van der Waals surface area contributed by atoms with Crippen molar-refractivity contribution in [1.82, 2.24) is 0 Å². The summed E-state index contributed by atoms with van der Waals surface area (Å²) in [6.07, 6.45) is 16.9. The molecule has 0 unspecified atom stereocenters. The zero-order valence-corrected chi connectivity index (χ0v) is 23.7. The van der Waals surface area contributed by atoms with Gasteiger partial charge < -0.3 is 4.74 Å². The predicted octanol–water partition coefficient (Wildman–Crippen LogP) is 9.12. The Balaban J connectivity index is 1.37. The normalized spacial score (nSPS) is 47.2. The predicted molar refractivity (Wildman–Crippen MR) is 143 cm³/mol. The van der Waals surface area contributed by atoms with Gasteiger partial charge in [0.25, 0.3) is 0 Å². The monoisotopic (exact) mass is 472 g/mol. The Morgan fingerprint density at radius 3 is 2.45 bits per heavy atom. The van der Waals surface area contributed by atoms with Crippen molar-refractivity contribution in [2.45, 2.75) is 118 Å². The molecule has 1 heterocycles. The van der Waals surface area contributed by atoms with Crippen LogP contribution in [0.15, 0.2) is 11.6 Å². The van der Waals surface area contributed by atoms with Crippen LogP contribution in [-0.4, -0.2) is 17.3 Å². The van der Waals surface area contributed by atoms with Crippen LogP contribution in [0.5, 0.6) is 0 Å². The first-order chi connectivity index (χ1) is 15.6. The van der Waals surface area contributed by atoms with Gasteiger partial charge in [-0.3, -0.25) is 0 Å². The minimum atomic E-state index is 0.0399. The Bertz CT molecular complexity index is 761. The lowest BCUT2D eigenvalue weighted by atomic mass is 9.44. The number of rotatable bonds is 5. The summed E-state index contributed by atoms with van der Waals surface area (Å²) in [4.78, 5) is 0.0399. The van der Waals surface area contributed by atoms with E-state index in [-0.39, 0.29) is 10.3 Å². The number of hydrogen-bond donors (Lipinski definition) is 0. The second-order valence-corrected chi connectivity index (χ2v) is 15.6. The lowest BCUT2D eigenvalue weighted by Gasteiger charge is -2.63. The topological polar surface area (TPSA) is 9.23 Å². The molecule has 0 N–H and O–H groups in total. The minimum Gasteiger partial charge on any atom is -0.363 e. The molecule has 0 aromatic carbocycles. The van der Waals surface area contributed by atoms with E-state index in [0.29, 0.717) is 10.8 Å². The first-order valence-electron chi connectivity index (χ1n) is 14.5. The summed E-state index contributed by atoms with van der Waals surface area (Å²) in [7, 11) is 0. The molecule has 1 nitrogen and oxygen atoms in total. The summed E-state index contributed by atoms with van der Waals surface area (Å²) in [5.41, 5.74) is 2.93. The maximum Gasteiger partial charge on any atom is 0.122 e. The Morgan fingerprint density at radius 2 is 1.76 bits per heavy atom. The van der Waals surface area contributed by atoms with Gasteiger partial charge in [0.15, 0.2) is 0 Å². The summed E-state index contributed by atoms with van der Waals surface area (Å²) in [5.74, 6) is 6.68. The van der Waals surface area contributed by atoms with Gasteiger partial charge in [-0.05, 0) is 91.3 Å². The average molecular weight is 473 g/mol. The van der Waals surface area contributed by atoms with Crippen LogP contribution in [0.1, 0.15) is 113 Å². The molecule has 1 aliphatic heterocycles. The van der Waals surface area contributed by atoms with Crippen LogP contribution in [0.25, 0.3) is 0 Å². The van der Waals surface area contributed by atoms with Crippen molar-refractivity contribution in [1.29, 1.82) is 0 Å². The van der Waals surface area contributed by atoms with Gasteiger partial charge in [0, 0.05) is 11.2 Å². The van der Waals surface area contributed by atoms with Gasteiger partial charge in [0.2, 0.25) is 0 Å². The molecule has 0 radical (unpaired) electrons. The van der Waals surface area contributed by atoms with Gasteiger partial charge in [0.1, 0.15) is 4.93 Å². The summed E-state index contributed by atoms with van der Waals surface area (Å²) in [5, 5.41) is 0. The third-order valence-corrected chi connectivity index (χ3v) is 13.7. The molecule has 1 saturated heterocycles. The molecule has 4 fully saturated rings. The van der Waals surface area contributed by atoms with E-state index in [9.17, 15) is 0 Å². The van der Waals surface area contributed by atoms with E-state index in [1.54, 1.807) is 5.57 Å². The highest BCUT2D eigenvalue weighted by atomic mass is 32.2. The highest BCUT2D eigenvalue weighted by Crippen LogP contribution is 2.71. The van der Waals surface area contributed by atoms with Crippen molar-refractivity contribution in [3.05, 3.63) is 11.6 Å². The molecule has 0 aromatic rings. The van der Waals surface area contributed by atoms with Crippen molar-refractivity contribution in [2.24, 2.45) is 51.8 Å². The van der Waals surface area contributed by atoms with Crippen LogP contribution in [-0.2, 0) is 4.74 Å². The smallest absolute Gasteiger partial charge is 0.122 e. The summed E-state index contributed by atoms with van der Waals surface area (Å²) in [6, 6.07) is 0. The average Bonchev–Trinajstić information content (AvgIpc) is 3.36. The number of ether oxygens (including phenoxy) is 1. The molecule has 188 valence electrons. The number of fused-ring (bicyclic) bond motifs is 5. The molecule has 3 saturated carbocycles. The number of thioether (sulfide) groups is 1. The number of allylic oxidation sites excluding steroid dienone is 1. The van der Waals surface area contributed by atoms with E-state index in [1.807, 2.05) is 0 Å². The number of hydrogen-bond acceptors (Lipinski definition) is 2. The molecular formula is C31H52OS. The second-order valence-electron chi connectivity index (χ2n) is 14.3. The fourth-order valence-corrected chi connectivity index (χ4v) is 11.7. The Hall–Kier alpha value is 0.0500. The third-order valence-electron chi connectivity index (χ3n) is 12.0. The summed E-state index contributed by atoms with van der Waals surface area (Å²) >= 11 is 2.12. The standard InChI is InChI=1S/C31H52OS/c1-21(2)9-8-10-22(3)24-12-13-25-23-11-14-27-28(4,5)31(32-19-20-33-31)18-17-30(27,7)26(23)15-16-29(24,25)6/h14,21-26H,8-13,15-20H2,1-7H3/t22-,23-,24+,25-,26-,29+,30+,31+/m0/s1. The zero-order chi connectivity index (χ0) is 23.6. The van der Waals surface area contributed by atoms with E-state index in [1.165, 1.54) is 70.0 Å². The molecular weight excluding hydrogens is 420 g/mol. The van der Waals surface area contributed by atoms with Crippen LogP contribution in [0.2, 0.25) is 0 Å². The third kappa shape index (κ3) is 3.65. The highest BCUT2D eigenvalue weighted by Gasteiger charge is 2.64.